The molecule has 4 aromatic rings. The average Bonchev–Trinajstić information content (AvgIpc) is 3.11. The number of nitrogens with zero attached hydrogens (tertiary/aromatic N) is 4. The van der Waals surface area contributed by atoms with E-state index in [1.807, 2.05) is 47.0 Å². The van der Waals surface area contributed by atoms with Gasteiger partial charge in [-0.05, 0) is 29.8 Å². The maximum Gasteiger partial charge on any atom is 0.234 e. The van der Waals surface area contributed by atoms with E-state index in [9.17, 15) is 0 Å². The van der Waals surface area contributed by atoms with Gasteiger partial charge in [0.1, 0.15) is 5.01 Å². The molecule has 0 amide bonds. The molecular weight excluding hydrogens is 294 g/mol. The van der Waals surface area contributed by atoms with Gasteiger partial charge in [0.25, 0.3) is 0 Å². The van der Waals surface area contributed by atoms with Gasteiger partial charge in [-0.15, -0.1) is 10.2 Å². The highest BCUT2D eigenvalue weighted by Crippen LogP contribution is 2.26. The van der Waals surface area contributed by atoms with Crippen molar-refractivity contribution in [2.24, 2.45) is 0 Å². The zero-order valence-electron chi connectivity index (χ0n) is 11.7. The molecule has 2 aromatic heterocycles. The van der Waals surface area contributed by atoms with Crippen LogP contribution < -0.4 is 5.73 Å². The molecule has 22 heavy (non-hydrogen) atoms. The Morgan fingerprint density at radius 3 is 2.50 bits per heavy atom. The van der Waals surface area contributed by atoms with Crippen molar-refractivity contribution in [2.75, 3.05) is 5.73 Å². The number of aromatic nitrogens is 4. The lowest BCUT2D eigenvalue weighted by Crippen LogP contribution is -1.97. The van der Waals surface area contributed by atoms with Crippen LogP contribution in [0.1, 0.15) is 11.4 Å². The number of benzene rings is 2. The van der Waals surface area contributed by atoms with Crippen LogP contribution in [0.3, 0.4) is 0 Å². The molecule has 0 aliphatic rings. The number of nitrogen functional groups attached to an aromatic ring is 1. The van der Waals surface area contributed by atoms with Gasteiger partial charge < -0.3 is 5.73 Å². The van der Waals surface area contributed by atoms with Gasteiger partial charge in [0, 0.05) is 17.7 Å². The normalized spacial score (nSPS) is 11.1. The Morgan fingerprint density at radius 1 is 0.955 bits per heavy atom. The van der Waals surface area contributed by atoms with Gasteiger partial charge in [0.2, 0.25) is 4.96 Å². The summed E-state index contributed by atoms with van der Waals surface area (Å²) in [6, 6.07) is 17.9. The first kappa shape index (κ1) is 13.0. The Hall–Kier alpha value is -2.73. The fraction of sp³-hybridized carbons (Fsp3) is 0.0625. The fourth-order valence-corrected chi connectivity index (χ4v) is 3.15. The van der Waals surface area contributed by atoms with Crippen LogP contribution in [0.5, 0.6) is 0 Å². The Labute approximate surface area is 131 Å². The Morgan fingerprint density at radius 2 is 1.73 bits per heavy atom. The summed E-state index contributed by atoms with van der Waals surface area (Å²) in [7, 11) is 0. The molecule has 0 fully saturated rings. The number of rotatable bonds is 3. The van der Waals surface area contributed by atoms with Crippen molar-refractivity contribution in [3.63, 3.8) is 0 Å². The predicted molar refractivity (Wildman–Crippen MR) is 87.8 cm³/mol. The van der Waals surface area contributed by atoms with E-state index >= 15 is 0 Å². The highest BCUT2D eigenvalue weighted by atomic mass is 32.1. The summed E-state index contributed by atoms with van der Waals surface area (Å²) in [5.41, 5.74) is 8.70. The Kier molecular flexibility index (Phi) is 3.08. The lowest BCUT2D eigenvalue weighted by atomic mass is 10.1. The first-order valence-electron chi connectivity index (χ1n) is 6.90. The van der Waals surface area contributed by atoms with Crippen LogP contribution in [0.25, 0.3) is 15.5 Å². The maximum atomic E-state index is 5.73. The molecule has 0 bridgehead atoms. The Balaban J connectivity index is 1.71. The van der Waals surface area contributed by atoms with E-state index in [1.54, 1.807) is 0 Å². The molecule has 0 unspecified atom stereocenters. The van der Waals surface area contributed by atoms with Crippen LogP contribution in [-0.2, 0) is 6.42 Å². The molecule has 0 atom stereocenters. The third-order valence-corrected chi connectivity index (χ3v) is 4.37. The van der Waals surface area contributed by atoms with Gasteiger partial charge in [-0.3, -0.25) is 0 Å². The zero-order chi connectivity index (χ0) is 14.9. The smallest absolute Gasteiger partial charge is 0.234 e. The van der Waals surface area contributed by atoms with Crippen LogP contribution in [-0.4, -0.2) is 19.8 Å². The largest absolute Gasteiger partial charge is 0.399 e. The first-order valence-corrected chi connectivity index (χ1v) is 7.72. The molecule has 0 radical (unpaired) electrons. The molecular formula is C16H13N5S. The van der Waals surface area contributed by atoms with Gasteiger partial charge in [0.05, 0.1) is 0 Å². The fourth-order valence-electron chi connectivity index (χ4n) is 2.29. The van der Waals surface area contributed by atoms with Gasteiger partial charge in [-0.1, -0.05) is 41.7 Å². The molecule has 0 aliphatic carbocycles. The van der Waals surface area contributed by atoms with E-state index in [0.29, 0.717) is 6.42 Å². The number of hydrogen-bond donors (Lipinski definition) is 1. The van der Waals surface area contributed by atoms with Crippen molar-refractivity contribution in [1.82, 2.24) is 19.8 Å². The molecule has 0 spiro atoms. The zero-order valence-corrected chi connectivity index (χ0v) is 12.5. The molecule has 6 heteroatoms. The summed E-state index contributed by atoms with van der Waals surface area (Å²) >= 11 is 1.53. The summed E-state index contributed by atoms with van der Waals surface area (Å²) in [6.45, 7) is 0. The summed E-state index contributed by atoms with van der Waals surface area (Å²) in [5, 5.41) is 14.0. The minimum absolute atomic E-state index is 0.715. The van der Waals surface area contributed by atoms with Crippen molar-refractivity contribution < 1.29 is 0 Å². The molecule has 0 saturated carbocycles. The van der Waals surface area contributed by atoms with E-state index in [2.05, 4.69) is 27.4 Å². The molecule has 2 N–H and O–H groups in total. The highest BCUT2D eigenvalue weighted by molar-refractivity contribution is 7.19. The van der Waals surface area contributed by atoms with Crippen LogP contribution in [0.15, 0.2) is 54.6 Å². The van der Waals surface area contributed by atoms with Crippen molar-refractivity contribution >= 4 is 22.0 Å². The van der Waals surface area contributed by atoms with Crippen LogP contribution in [0, 0.1) is 0 Å². The first-order chi connectivity index (χ1) is 10.8. The molecule has 2 heterocycles. The molecule has 4 rings (SSSR count). The number of fused-ring (bicyclic) bond motifs is 1. The monoisotopic (exact) mass is 307 g/mol. The van der Waals surface area contributed by atoms with E-state index in [-0.39, 0.29) is 0 Å². The maximum absolute atomic E-state index is 5.73. The Bertz CT molecular complexity index is 909. The van der Waals surface area contributed by atoms with E-state index in [4.69, 9.17) is 5.73 Å². The van der Waals surface area contributed by atoms with Crippen molar-refractivity contribution in [3.8, 4) is 10.6 Å². The SMILES string of the molecule is Nc1ccc(-c2nn3c(Cc4ccccc4)nnc3s2)cc1. The minimum Gasteiger partial charge on any atom is -0.399 e. The molecule has 108 valence electrons. The lowest BCUT2D eigenvalue weighted by Gasteiger charge is -1.98. The van der Waals surface area contributed by atoms with Gasteiger partial charge in [0.15, 0.2) is 5.82 Å². The van der Waals surface area contributed by atoms with Crippen LogP contribution in [0.4, 0.5) is 5.69 Å². The molecule has 0 saturated heterocycles. The summed E-state index contributed by atoms with van der Waals surface area (Å²) < 4.78 is 1.82. The third kappa shape index (κ3) is 2.33. The second-order valence-corrected chi connectivity index (χ2v) is 5.96. The van der Waals surface area contributed by atoms with E-state index in [1.165, 1.54) is 16.9 Å². The van der Waals surface area contributed by atoms with E-state index in [0.717, 1.165) is 27.0 Å². The molecule has 2 aromatic carbocycles. The number of nitrogens with two attached hydrogens (primary N) is 1. The minimum atomic E-state index is 0.715. The van der Waals surface area contributed by atoms with Crippen molar-refractivity contribution in [3.05, 3.63) is 66.0 Å². The topological polar surface area (TPSA) is 69.1 Å². The van der Waals surface area contributed by atoms with Crippen LogP contribution >= 0.6 is 11.3 Å². The van der Waals surface area contributed by atoms with E-state index < -0.39 is 0 Å². The number of hydrogen-bond acceptors (Lipinski definition) is 5. The summed E-state index contributed by atoms with van der Waals surface area (Å²) in [4.78, 5) is 0.803. The van der Waals surface area contributed by atoms with Gasteiger partial charge in [-0.2, -0.15) is 9.61 Å². The van der Waals surface area contributed by atoms with Crippen molar-refractivity contribution in [2.45, 2.75) is 6.42 Å². The molecule has 5 nitrogen and oxygen atoms in total. The van der Waals surface area contributed by atoms with Gasteiger partial charge in [-0.25, -0.2) is 0 Å². The second kappa shape index (κ2) is 5.23. The quantitative estimate of drug-likeness (QED) is 0.591. The third-order valence-electron chi connectivity index (χ3n) is 3.42. The summed E-state index contributed by atoms with van der Waals surface area (Å²) in [5.74, 6) is 0.846. The lowest BCUT2D eigenvalue weighted by molar-refractivity contribution is 0.854. The highest BCUT2D eigenvalue weighted by Gasteiger charge is 2.13. The predicted octanol–water partition coefficient (Wildman–Crippen LogP) is 3.03. The van der Waals surface area contributed by atoms with Crippen molar-refractivity contribution in [1.29, 1.82) is 0 Å². The number of anilines is 1. The molecule has 0 aliphatic heterocycles. The van der Waals surface area contributed by atoms with Crippen LogP contribution in [0.2, 0.25) is 0 Å². The average molecular weight is 307 g/mol. The standard InChI is InChI=1S/C16H13N5S/c17-13-8-6-12(7-9-13)15-20-21-14(18-19-16(21)22-15)10-11-4-2-1-3-5-11/h1-9H,10,17H2. The second-order valence-electron chi connectivity index (χ2n) is 5.00. The summed E-state index contributed by atoms with van der Waals surface area (Å²) in [6.07, 6.45) is 0.715. The van der Waals surface area contributed by atoms with Gasteiger partial charge >= 0.3 is 0 Å².